The fourth-order valence-electron chi connectivity index (χ4n) is 3.38. The van der Waals surface area contributed by atoms with Crippen molar-refractivity contribution in [3.63, 3.8) is 0 Å². The lowest BCUT2D eigenvalue weighted by atomic mass is 9.92. The van der Waals surface area contributed by atoms with Crippen molar-refractivity contribution in [3.8, 4) is 0 Å². The minimum atomic E-state index is 0.0373. The molecule has 1 aliphatic rings. The quantitative estimate of drug-likeness (QED) is 0.786. The van der Waals surface area contributed by atoms with E-state index < -0.39 is 0 Å². The Kier molecular flexibility index (Phi) is 3.55. The van der Waals surface area contributed by atoms with Crippen LogP contribution < -0.4 is 4.90 Å². The summed E-state index contributed by atoms with van der Waals surface area (Å²) in [6.07, 6.45) is 9.71. The predicted molar refractivity (Wildman–Crippen MR) is 94.5 cm³/mol. The van der Waals surface area contributed by atoms with Crippen molar-refractivity contribution in [2.75, 3.05) is 18.0 Å². The Bertz CT molecular complexity index is 819. The maximum atomic E-state index is 4.73. The molecule has 6 heteroatoms. The Balaban J connectivity index is 1.60. The monoisotopic (exact) mass is 324 g/mol. The third-order valence-electron chi connectivity index (χ3n) is 4.84. The molecule has 4 rings (SSSR count). The summed E-state index contributed by atoms with van der Waals surface area (Å²) in [6.45, 7) is 8.56. The highest BCUT2D eigenvalue weighted by molar-refractivity contribution is 5.69. The molecule has 126 valence electrons. The van der Waals surface area contributed by atoms with Gasteiger partial charge in [-0.1, -0.05) is 20.8 Å². The van der Waals surface area contributed by atoms with E-state index >= 15 is 0 Å². The number of fused-ring (bicyclic) bond motifs is 1. The molecule has 0 atom stereocenters. The smallest absolute Gasteiger partial charge is 0.154 e. The summed E-state index contributed by atoms with van der Waals surface area (Å²) in [4.78, 5) is 14.7. The Morgan fingerprint density at radius 2 is 1.92 bits per heavy atom. The summed E-state index contributed by atoms with van der Waals surface area (Å²) >= 11 is 0. The van der Waals surface area contributed by atoms with Gasteiger partial charge in [0.2, 0.25) is 0 Å². The highest BCUT2D eigenvalue weighted by atomic mass is 15.3. The average molecular weight is 324 g/mol. The first-order chi connectivity index (χ1) is 11.5. The van der Waals surface area contributed by atoms with E-state index in [9.17, 15) is 0 Å². The maximum absolute atomic E-state index is 4.73. The molecule has 3 aromatic rings. The number of hydrogen-bond acceptors (Lipinski definition) is 4. The van der Waals surface area contributed by atoms with Crippen molar-refractivity contribution in [1.82, 2.24) is 24.6 Å². The van der Waals surface area contributed by atoms with Crippen LogP contribution in [-0.2, 0) is 5.41 Å². The van der Waals surface area contributed by atoms with Gasteiger partial charge in [-0.25, -0.2) is 14.5 Å². The van der Waals surface area contributed by atoms with Crippen LogP contribution in [0.3, 0.4) is 0 Å². The van der Waals surface area contributed by atoms with Crippen LogP contribution in [0.25, 0.3) is 5.52 Å². The lowest BCUT2D eigenvalue weighted by Gasteiger charge is -2.32. The third-order valence-corrected chi connectivity index (χ3v) is 4.84. The third kappa shape index (κ3) is 2.66. The average Bonchev–Trinajstić information content (AvgIpc) is 3.23. The summed E-state index contributed by atoms with van der Waals surface area (Å²) in [6, 6.07) is 2.18. The number of piperidine rings is 1. The summed E-state index contributed by atoms with van der Waals surface area (Å²) in [7, 11) is 0. The molecule has 3 aromatic heterocycles. The molecular weight excluding hydrogens is 300 g/mol. The molecule has 1 saturated heterocycles. The van der Waals surface area contributed by atoms with Crippen LogP contribution >= 0.6 is 0 Å². The van der Waals surface area contributed by atoms with E-state index in [0.29, 0.717) is 5.92 Å². The highest BCUT2D eigenvalue weighted by Gasteiger charge is 2.25. The van der Waals surface area contributed by atoms with Crippen molar-refractivity contribution < 1.29 is 0 Å². The topological polar surface area (TPSA) is 62.1 Å². The minimum Gasteiger partial charge on any atom is -0.355 e. The van der Waals surface area contributed by atoms with E-state index in [-0.39, 0.29) is 5.41 Å². The van der Waals surface area contributed by atoms with Crippen molar-refractivity contribution >= 4 is 11.3 Å². The first kappa shape index (κ1) is 15.2. The molecule has 1 N–H and O–H groups in total. The largest absolute Gasteiger partial charge is 0.355 e. The fraction of sp³-hybridized carbons (Fsp3) is 0.500. The van der Waals surface area contributed by atoms with Gasteiger partial charge in [0, 0.05) is 49.2 Å². The number of imidazole rings is 1. The number of hydrogen-bond donors (Lipinski definition) is 1. The van der Waals surface area contributed by atoms with Crippen molar-refractivity contribution in [2.24, 2.45) is 0 Å². The molecule has 0 radical (unpaired) electrons. The number of aromatic amines is 1. The van der Waals surface area contributed by atoms with Gasteiger partial charge in [0.25, 0.3) is 0 Å². The van der Waals surface area contributed by atoms with Gasteiger partial charge in [0.1, 0.15) is 11.3 Å². The van der Waals surface area contributed by atoms with Gasteiger partial charge in [0.15, 0.2) is 5.82 Å². The molecule has 0 bridgehead atoms. The molecular formula is C18H24N6. The van der Waals surface area contributed by atoms with Gasteiger partial charge in [-0.2, -0.15) is 5.10 Å². The molecule has 0 spiro atoms. The number of H-pyrrole nitrogens is 1. The predicted octanol–water partition coefficient (Wildman–Crippen LogP) is 3.13. The molecule has 0 unspecified atom stereocenters. The van der Waals surface area contributed by atoms with E-state index in [1.807, 2.05) is 29.3 Å². The van der Waals surface area contributed by atoms with Crippen molar-refractivity contribution in [3.05, 3.63) is 42.4 Å². The molecule has 6 nitrogen and oxygen atoms in total. The number of nitrogens with one attached hydrogen (secondary N) is 1. The van der Waals surface area contributed by atoms with Crippen LogP contribution in [0.4, 0.5) is 5.82 Å². The number of rotatable bonds is 2. The molecule has 1 aliphatic heterocycles. The van der Waals surface area contributed by atoms with E-state index in [1.54, 1.807) is 0 Å². The molecule has 24 heavy (non-hydrogen) atoms. The SMILES string of the molecule is CC(C)(C)c1cc2c(N3CCC(c4ncc[nH]4)CC3)nccn2n1. The lowest BCUT2D eigenvalue weighted by molar-refractivity contribution is 0.486. The molecule has 0 aliphatic carbocycles. The van der Waals surface area contributed by atoms with Crippen LogP contribution in [0.1, 0.15) is 51.0 Å². The number of aromatic nitrogens is 5. The summed E-state index contributed by atoms with van der Waals surface area (Å²) < 4.78 is 1.96. The second kappa shape index (κ2) is 5.61. The first-order valence-corrected chi connectivity index (χ1v) is 8.61. The first-order valence-electron chi connectivity index (χ1n) is 8.61. The Morgan fingerprint density at radius 1 is 1.12 bits per heavy atom. The molecule has 1 fully saturated rings. The Labute approximate surface area is 141 Å². The summed E-state index contributed by atoms with van der Waals surface area (Å²) in [5.74, 6) is 2.67. The van der Waals surface area contributed by atoms with E-state index in [0.717, 1.165) is 48.8 Å². The molecule has 0 amide bonds. The maximum Gasteiger partial charge on any atom is 0.154 e. The normalized spacial score (nSPS) is 16.9. The van der Waals surface area contributed by atoms with Crippen LogP contribution in [-0.4, -0.2) is 37.7 Å². The van der Waals surface area contributed by atoms with Crippen LogP contribution in [0.15, 0.2) is 30.9 Å². The van der Waals surface area contributed by atoms with Gasteiger partial charge in [-0.15, -0.1) is 0 Å². The summed E-state index contributed by atoms with van der Waals surface area (Å²) in [5, 5.41) is 4.73. The highest BCUT2D eigenvalue weighted by Crippen LogP contribution is 2.31. The van der Waals surface area contributed by atoms with Crippen molar-refractivity contribution in [1.29, 1.82) is 0 Å². The van der Waals surface area contributed by atoms with E-state index in [1.165, 1.54) is 0 Å². The Morgan fingerprint density at radius 3 is 2.58 bits per heavy atom. The van der Waals surface area contributed by atoms with Gasteiger partial charge >= 0.3 is 0 Å². The Hall–Kier alpha value is -2.37. The van der Waals surface area contributed by atoms with Gasteiger partial charge < -0.3 is 9.88 Å². The molecule has 0 saturated carbocycles. The van der Waals surface area contributed by atoms with Crippen LogP contribution in [0.5, 0.6) is 0 Å². The van der Waals surface area contributed by atoms with E-state index in [4.69, 9.17) is 5.10 Å². The van der Waals surface area contributed by atoms with E-state index in [2.05, 4.69) is 46.7 Å². The zero-order valence-corrected chi connectivity index (χ0v) is 14.5. The fourth-order valence-corrected chi connectivity index (χ4v) is 3.38. The van der Waals surface area contributed by atoms with Crippen LogP contribution in [0, 0.1) is 0 Å². The number of anilines is 1. The van der Waals surface area contributed by atoms with Gasteiger partial charge in [0.05, 0.1) is 5.69 Å². The zero-order chi connectivity index (χ0) is 16.7. The number of nitrogens with zero attached hydrogens (tertiary/aromatic N) is 5. The molecule has 4 heterocycles. The standard InChI is InChI=1S/C18H24N6/c1-18(2,3)15-12-14-17(21-8-11-24(14)22-15)23-9-4-13(5-10-23)16-19-6-7-20-16/h6-8,11-13H,4-5,9-10H2,1-3H3,(H,19,20). The second-order valence-electron chi connectivity index (χ2n) is 7.60. The lowest BCUT2D eigenvalue weighted by Crippen LogP contribution is -2.34. The van der Waals surface area contributed by atoms with Gasteiger partial charge in [-0.3, -0.25) is 0 Å². The zero-order valence-electron chi connectivity index (χ0n) is 14.5. The van der Waals surface area contributed by atoms with Crippen LogP contribution in [0.2, 0.25) is 0 Å². The summed E-state index contributed by atoms with van der Waals surface area (Å²) in [5.41, 5.74) is 2.23. The molecule has 0 aromatic carbocycles. The van der Waals surface area contributed by atoms with Gasteiger partial charge in [-0.05, 0) is 18.9 Å². The minimum absolute atomic E-state index is 0.0373. The van der Waals surface area contributed by atoms with Crippen molar-refractivity contribution in [2.45, 2.75) is 44.9 Å². The second-order valence-corrected chi connectivity index (χ2v) is 7.60.